The van der Waals surface area contributed by atoms with Crippen molar-refractivity contribution in [3.63, 3.8) is 0 Å². The molecule has 0 bridgehead atoms. The van der Waals surface area contributed by atoms with E-state index in [-0.39, 0.29) is 12.5 Å². The fourth-order valence-electron chi connectivity index (χ4n) is 5.18. The second-order valence-corrected chi connectivity index (χ2v) is 11.5. The molecule has 1 aliphatic heterocycles. The number of carbonyl (C=O) groups excluding carboxylic acids is 1. The zero-order chi connectivity index (χ0) is 30.3. The molecule has 0 aliphatic carbocycles. The molecule has 4 rings (SSSR count). The number of urea groups is 1. The van der Waals surface area contributed by atoms with Gasteiger partial charge in [-0.05, 0) is 61.6 Å². The van der Waals surface area contributed by atoms with E-state index in [9.17, 15) is 22.4 Å². The maximum absolute atomic E-state index is 13.9. The van der Waals surface area contributed by atoms with Crippen LogP contribution in [-0.2, 0) is 16.4 Å². The Balaban J connectivity index is 1.75. The highest BCUT2D eigenvalue weighted by Gasteiger charge is 2.45. The van der Waals surface area contributed by atoms with E-state index < -0.39 is 29.9 Å². The van der Waals surface area contributed by atoms with Gasteiger partial charge in [0.2, 0.25) is 0 Å². The lowest BCUT2D eigenvalue weighted by molar-refractivity contribution is -0.253. The molecule has 1 atom stereocenters. The zero-order valence-electron chi connectivity index (χ0n) is 23.5. The van der Waals surface area contributed by atoms with Crippen LogP contribution < -0.4 is 15.4 Å². The monoisotopic (exact) mass is 698 g/mol. The van der Waals surface area contributed by atoms with Gasteiger partial charge in [0.05, 0.1) is 5.69 Å². The quantitative estimate of drug-likeness (QED) is 0.130. The Morgan fingerprint density at radius 1 is 1.05 bits per heavy atom. The van der Waals surface area contributed by atoms with Gasteiger partial charge in [-0.25, -0.2) is 4.79 Å². The largest absolute Gasteiger partial charge is 0.461 e. The fraction of sp³-hybridized carbons (Fsp3) is 0.419. The predicted octanol–water partition coefficient (Wildman–Crippen LogP) is 6.91. The van der Waals surface area contributed by atoms with E-state index in [1.807, 2.05) is 36.4 Å². The number of pyridine rings is 1. The first kappa shape index (κ1) is 32.0. The maximum atomic E-state index is 13.9. The minimum Gasteiger partial charge on any atom is -0.428 e. The number of amides is 2. The second kappa shape index (κ2) is 14.0. The van der Waals surface area contributed by atoms with E-state index in [1.54, 1.807) is 18.3 Å². The summed E-state index contributed by atoms with van der Waals surface area (Å²) >= 11 is 2.22. The molecule has 2 N–H and O–H groups in total. The average molecular weight is 699 g/mol. The molecule has 2 aromatic carbocycles. The first-order valence-electron chi connectivity index (χ1n) is 13.9. The number of ether oxygens (including phenoxy) is 1. The van der Waals surface area contributed by atoms with E-state index in [0.717, 1.165) is 37.1 Å². The highest BCUT2D eigenvalue weighted by atomic mass is 127. The van der Waals surface area contributed by atoms with Gasteiger partial charge in [0.25, 0.3) is 0 Å². The number of nitrogens with zero attached hydrogens (tertiary/aromatic N) is 2. The average Bonchev–Trinajstić information content (AvgIpc) is 2.97. The molecule has 1 aromatic heterocycles. The minimum atomic E-state index is -4.68. The molecule has 1 aliphatic rings. The Morgan fingerprint density at radius 3 is 2.36 bits per heavy atom. The molecule has 2 amide bonds. The lowest BCUT2D eigenvalue weighted by atomic mass is 9.80. The molecular formula is C31H35F4IN4O2. The molecule has 2 heterocycles. The SMILES string of the molecule is CC(C)N1CCC(NC(=O)N[C@](Cc2ccccc2)(c2cccc(OC(F)(F)C(F)F)c2)c2ccc(CI)cn2)CC1. The van der Waals surface area contributed by atoms with Gasteiger partial charge < -0.3 is 20.3 Å². The van der Waals surface area contributed by atoms with Gasteiger partial charge in [-0.1, -0.05) is 71.1 Å². The van der Waals surface area contributed by atoms with E-state index in [4.69, 9.17) is 4.98 Å². The van der Waals surface area contributed by atoms with Crippen LogP contribution in [0.4, 0.5) is 22.4 Å². The van der Waals surface area contributed by atoms with Crippen LogP contribution in [0.2, 0.25) is 0 Å². The lowest BCUT2D eigenvalue weighted by Crippen LogP contribution is -2.56. The highest BCUT2D eigenvalue weighted by Crippen LogP contribution is 2.36. The van der Waals surface area contributed by atoms with Crippen LogP contribution in [0.3, 0.4) is 0 Å². The number of carbonyl (C=O) groups is 1. The summed E-state index contributed by atoms with van der Waals surface area (Å²) in [7, 11) is 0. The summed E-state index contributed by atoms with van der Waals surface area (Å²) in [5.74, 6) is -0.456. The van der Waals surface area contributed by atoms with Gasteiger partial charge in [-0.15, -0.1) is 0 Å². The molecule has 226 valence electrons. The number of nitrogens with one attached hydrogen (secondary N) is 2. The smallest absolute Gasteiger partial charge is 0.428 e. The summed E-state index contributed by atoms with van der Waals surface area (Å²) in [4.78, 5) is 20.7. The molecule has 1 saturated heterocycles. The highest BCUT2D eigenvalue weighted by molar-refractivity contribution is 14.1. The summed E-state index contributed by atoms with van der Waals surface area (Å²) in [5.41, 5.74) is 1.26. The van der Waals surface area contributed by atoms with Crippen molar-refractivity contribution >= 4 is 28.6 Å². The van der Waals surface area contributed by atoms with Crippen molar-refractivity contribution in [1.29, 1.82) is 0 Å². The molecule has 11 heteroatoms. The van der Waals surface area contributed by atoms with Crippen molar-refractivity contribution in [3.05, 3.63) is 95.3 Å². The minimum absolute atomic E-state index is 0.0526. The van der Waals surface area contributed by atoms with Crippen molar-refractivity contribution in [1.82, 2.24) is 20.5 Å². The number of aromatic nitrogens is 1. The Hall–Kier alpha value is -2.93. The van der Waals surface area contributed by atoms with Gasteiger partial charge in [0, 0.05) is 42.2 Å². The molecule has 3 aromatic rings. The summed E-state index contributed by atoms with van der Waals surface area (Å²) in [6.07, 6.45) is -5.22. The fourth-order valence-corrected chi connectivity index (χ4v) is 5.63. The Morgan fingerprint density at radius 2 is 1.76 bits per heavy atom. The summed E-state index contributed by atoms with van der Waals surface area (Å²) in [6.45, 7) is 6.00. The number of halogens is 5. The molecule has 0 spiro atoms. The number of piperidine rings is 1. The predicted molar refractivity (Wildman–Crippen MR) is 162 cm³/mol. The normalized spacial score (nSPS) is 16.3. The van der Waals surface area contributed by atoms with Gasteiger partial charge in [0.15, 0.2) is 0 Å². The van der Waals surface area contributed by atoms with Crippen LogP contribution >= 0.6 is 22.6 Å². The second-order valence-electron chi connectivity index (χ2n) is 10.7. The van der Waals surface area contributed by atoms with Crippen LogP contribution in [0.25, 0.3) is 0 Å². The third-order valence-corrected chi connectivity index (χ3v) is 8.37. The Bertz CT molecular complexity index is 1310. The molecule has 0 unspecified atom stereocenters. The Kier molecular flexibility index (Phi) is 10.7. The van der Waals surface area contributed by atoms with Crippen molar-refractivity contribution in [2.45, 2.75) is 67.7 Å². The van der Waals surface area contributed by atoms with Crippen LogP contribution in [0.15, 0.2) is 72.9 Å². The topological polar surface area (TPSA) is 66.5 Å². The van der Waals surface area contributed by atoms with Crippen LogP contribution in [0, 0.1) is 0 Å². The van der Waals surface area contributed by atoms with Crippen molar-refractivity contribution in [2.75, 3.05) is 13.1 Å². The third-order valence-electron chi connectivity index (χ3n) is 7.49. The maximum Gasteiger partial charge on any atom is 0.461 e. The molecule has 0 radical (unpaired) electrons. The summed E-state index contributed by atoms with van der Waals surface area (Å²) in [5, 5.41) is 6.22. The molecule has 42 heavy (non-hydrogen) atoms. The first-order chi connectivity index (χ1) is 20.0. The third kappa shape index (κ3) is 7.91. The molecular weight excluding hydrogens is 663 g/mol. The zero-order valence-corrected chi connectivity index (χ0v) is 25.7. The number of rotatable bonds is 11. The lowest BCUT2D eigenvalue weighted by Gasteiger charge is -2.38. The van der Waals surface area contributed by atoms with Gasteiger partial charge in [0.1, 0.15) is 11.3 Å². The van der Waals surface area contributed by atoms with E-state index in [2.05, 4.69) is 56.7 Å². The number of benzene rings is 2. The molecule has 0 saturated carbocycles. The van der Waals surface area contributed by atoms with Crippen molar-refractivity contribution in [3.8, 4) is 5.75 Å². The van der Waals surface area contributed by atoms with Crippen molar-refractivity contribution in [2.24, 2.45) is 0 Å². The van der Waals surface area contributed by atoms with Gasteiger partial charge in [-0.2, -0.15) is 17.6 Å². The standard InChI is InChI=1S/C31H35F4IN4O2/c1-21(2)40-15-13-25(14-16-40)38-29(41)39-30(18-22-7-4-3-5-8-22,27-12-11-23(19-36)20-37-27)24-9-6-10-26(17-24)42-31(34,35)28(32)33/h3-12,17,20-21,25,28H,13-16,18-19H2,1-2H3,(H2,38,39,41)/t30-/m1/s1. The summed E-state index contributed by atoms with van der Waals surface area (Å²) < 4.78 is 58.9. The van der Waals surface area contributed by atoms with Crippen LogP contribution in [0.5, 0.6) is 5.75 Å². The van der Waals surface area contributed by atoms with Gasteiger partial charge in [-0.3, -0.25) is 4.98 Å². The molecule has 6 nitrogen and oxygen atoms in total. The summed E-state index contributed by atoms with van der Waals surface area (Å²) in [6, 6.07) is 18.5. The van der Waals surface area contributed by atoms with Crippen LogP contribution in [-0.4, -0.2) is 53.6 Å². The van der Waals surface area contributed by atoms with E-state index in [1.165, 1.54) is 18.2 Å². The molecule has 1 fully saturated rings. The first-order valence-corrected chi connectivity index (χ1v) is 15.4. The van der Waals surface area contributed by atoms with E-state index in [0.29, 0.717) is 21.7 Å². The number of likely N-dealkylation sites (tertiary alicyclic amines) is 1. The van der Waals surface area contributed by atoms with E-state index >= 15 is 0 Å². The number of alkyl halides is 5. The Labute approximate surface area is 257 Å². The van der Waals surface area contributed by atoms with Crippen LogP contribution in [0.1, 0.15) is 49.1 Å². The number of hydrogen-bond donors (Lipinski definition) is 2. The number of hydrogen-bond acceptors (Lipinski definition) is 4. The van der Waals surface area contributed by atoms with Gasteiger partial charge >= 0.3 is 18.6 Å². The van der Waals surface area contributed by atoms with Crippen molar-refractivity contribution < 1.29 is 27.1 Å².